The number of hydrogen-bond donors (Lipinski definition) is 1. The maximum atomic E-state index is 11.8. The van der Waals surface area contributed by atoms with Crippen molar-refractivity contribution in [3.8, 4) is 0 Å². The van der Waals surface area contributed by atoms with Gasteiger partial charge >= 0.3 is 0 Å². The summed E-state index contributed by atoms with van der Waals surface area (Å²) in [6.45, 7) is 0. The summed E-state index contributed by atoms with van der Waals surface area (Å²) in [5.74, 6) is 0.720. The molecule has 0 unspecified atom stereocenters. The highest BCUT2D eigenvalue weighted by molar-refractivity contribution is 8.14. The van der Waals surface area contributed by atoms with Gasteiger partial charge in [0, 0.05) is 5.75 Å². The van der Waals surface area contributed by atoms with Crippen molar-refractivity contribution in [1.82, 2.24) is 5.32 Å². The summed E-state index contributed by atoms with van der Waals surface area (Å²) >= 11 is 1.20. The molecular formula is C10H13NO2S. The topological polar surface area (TPSA) is 46.2 Å². The molecule has 76 valence electrons. The summed E-state index contributed by atoms with van der Waals surface area (Å²) in [5.41, 5.74) is 0.920. The molecule has 2 rings (SSSR count). The second-order valence-corrected chi connectivity index (χ2v) is 4.63. The molecule has 0 aromatic rings. The average Bonchev–Trinajstić information content (AvgIpc) is 2.65. The van der Waals surface area contributed by atoms with E-state index in [2.05, 4.69) is 5.32 Å². The van der Waals surface area contributed by atoms with Gasteiger partial charge in [-0.3, -0.25) is 9.59 Å². The molecule has 4 heteroatoms. The van der Waals surface area contributed by atoms with Crippen LogP contribution in [0.2, 0.25) is 0 Å². The van der Waals surface area contributed by atoms with Crippen LogP contribution >= 0.6 is 11.8 Å². The number of carbonyl (C=O) groups excluding carboxylic acids is 2. The van der Waals surface area contributed by atoms with Crippen molar-refractivity contribution in [1.29, 1.82) is 0 Å². The van der Waals surface area contributed by atoms with Crippen molar-refractivity contribution in [2.24, 2.45) is 0 Å². The lowest BCUT2D eigenvalue weighted by atomic mass is 9.94. The zero-order chi connectivity index (χ0) is 9.97. The van der Waals surface area contributed by atoms with Gasteiger partial charge in [-0.05, 0) is 31.3 Å². The van der Waals surface area contributed by atoms with E-state index in [4.69, 9.17) is 0 Å². The molecule has 1 heterocycles. The lowest BCUT2D eigenvalue weighted by Crippen LogP contribution is -2.35. The zero-order valence-electron chi connectivity index (χ0n) is 7.91. The van der Waals surface area contributed by atoms with Crippen LogP contribution in [0.4, 0.5) is 4.79 Å². The Morgan fingerprint density at radius 2 is 2.36 bits per heavy atom. The van der Waals surface area contributed by atoms with Gasteiger partial charge in [-0.25, -0.2) is 0 Å². The molecule has 1 atom stereocenters. The molecule has 1 N–H and O–H groups in total. The molecule has 14 heavy (non-hydrogen) atoms. The Morgan fingerprint density at radius 3 is 2.93 bits per heavy atom. The molecule has 0 spiro atoms. The Balaban J connectivity index is 2.00. The number of amides is 1. The van der Waals surface area contributed by atoms with Crippen LogP contribution < -0.4 is 5.32 Å². The molecule has 3 nitrogen and oxygen atoms in total. The number of ketones is 1. The largest absolute Gasteiger partial charge is 0.336 e. The molecule has 1 aliphatic heterocycles. The van der Waals surface area contributed by atoms with Crippen molar-refractivity contribution < 1.29 is 9.59 Å². The maximum Gasteiger partial charge on any atom is 0.279 e. The highest BCUT2D eigenvalue weighted by Crippen LogP contribution is 2.22. The van der Waals surface area contributed by atoms with Crippen LogP contribution in [-0.4, -0.2) is 22.8 Å². The first-order chi connectivity index (χ1) is 6.77. The number of carbonyl (C=O) groups is 2. The smallest absolute Gasteiger partial charge is 0.279 e. The summed E-state index contributed by atoms with van der Waals surface area (Å²) in [5, 5.41) is 2.61. The van der Waals surface area contributed by atoms with Crippen LogP contribution in [0.1, 0.15) is 25.7 Å². The van der Waals surface area contributed by atoms with E-state index >= 15 is 0 Å². The van der Waals surface area contributed by atoms with Gasteiger partial charge in [-0.1, -0.05) is 17.8 Å². The van der Waals surface area contributed by atoms with Crippen molar-refractivity contribution in [3.63, 3.8) is 0 Å². The molecule has 1 fully saturated rings. The number of hydrogen-bond acceptors (Lipinski definition) is 3. The SMILES string of the molecule is O=C1N[C@H](C(=O)C2=CCCCC2)CS1. The first-order valence-corrected chi connectivity index (χ1v) is 5.92. The number of allylic oxidation sites excluding steroid dienone is 1. The first kappa shape index (κ1) is 9.77. The normalized spacial score (nSPS) is 27.0. The highest BCUT2D eigenvalue weighted by atomic mass is 32.2. The lowest BCUT2D eigenvalue weighted by Gasteiger charge is -2.14. The second-order valence-electron chi connectivity index (χ2n) is 3.63. The molecule has 2 aliphatic rings. The third-order valence-electron chi connectivity index (χ3n) is 2.60. The van der Waals surface area contributed by atoms with Crippen LogP contribution in [-0.2, 0) is 4.79 Å². The fraction of sp³-hybridized carbons (Fsp3) is 0.600. The highest BCUT2D eigenvalue weighted by Gasteiger charge is 2.29. The Kier molecular flexibility index (Phi) is 2.91. The van der Waals surface area contributed by atoms with E-state index in [1.54, 1.807) is 0 Å². The Morgan fingerprint density at radius 1 is 1.50 bits per heavy atom. The van der Waals surface area contributed by atoms with E-state index in [0.717, 1.165) is 24.8 Å². The van der Waals surface area contributed by atoms with Crippen molar-refractivity contribution in [3.05, 3.63) is 11.6 Å². The summed E-state index contributed by atoms with van der Waals surface area (Å²) in [6.07, 6.45) is 6.21. The van der Waals surface area contributed by atoms with Gasteiger partial charge in [0.05, 0.1) is 0 Å². The third kappa shape index (κ3) is 2.00. The average molecular weight is 211 g/mol. The maximum absolute atomic E-state index is 11.8. The van der Waals surface area contributed by atoms with E-state index in [1.165, 1.54) is 18.2 Å². The molecule has 0 aromatic heterocycles. The Labute approximate surface area is 87.3 Å². The van der Waals surface area contributed by atoms with E-state index in [1.807, 2.05) is 6.08 Å². The van der Waals surface area contributed by atoms with Crippen molar-refractivity contribution in [2.75, 3.05) is 5.75 Å². The molecule has 0 radical (unpaired) electrons. The second kappa shape index (κ2) is 4.17. The molecular weight excluding hydrogens is 198 g/mol. The number of nitrogens with one attached hydrogen (secondary N) is 1. The molecule has 0 saturated carbocycles. The molecule has 0 bridgehead atoms. The van der Waals surface area contributed by atoms with Crippen LogP contribution in [0, 0.1) is 0 Å². The summed E-state index contributed by atoms with van der Waals surface area (Å²) in [4.78, 5) is 22.8. The van der Waals surface area contributed by atoms with E-state index in [-0.39, 0.29) is 17.1 Å². The minimum atomic E-state index is -0.267. The van der Waals surface area contributed by atoms with Crippen LogP contribution in [0.3, 0.4) is 0 Å². The van der Waals surface area contributed by atoms with Gasteiger partial charge in [0.25, 0.3) is 5.24 Å². The predicted molar refractivity (Wildman–Crippen MR) is 56.3 cm³/mol. The Hall–Kier alpha value is -0.770. The summed E-state index contributed by atoms with van der Waals surface area (Å²) in [7, 11) is 0. The predicted octanol–water partition coefficient (Wildman–Crippen LogP) is 1.88. The first-order valence-electron chi connectivity index (χ1n) is 4.94. The van der Waals surface area contributed by atoms with Crippen molar-refractivity contribution in [2.45, 2.75) is 31.7 Å². The molecule has 1 amide bonds. The number of rotatable bonds is 2. The third-order valence-corrected chi connectivity index (χ3v) is 3.48. The minimum absolute atomic E-state index is 0.0697. The standard InChI is InChI=1S/C10H13NO2S/c12-9(7-4-2-1-3-5-7)8-6-14-10(13)11-8/h4,8H,1-3,5-6H2,(H,11,13)/t8-/m0/s1. The number of Topliss-reactive ketones (excluding diaryl/α,β-unsaturated/α-hetero) is 1. The summed E-state index contributed by atoms with van der Waals surface area (Å²) < 4.78 is 0. The Bertz CT molecular complexity index is 298. The quantitative estimate of drug-likeness (QED) is 0.758. The van der Waals surface area contributed by atoms with Crippen LogP contribution in [0.5, 0.6) is 0 Å². The minimum Gasteiger partial charge on any atom is -0.336 e. The molecule has 1 saturated heterocycles. The fourth-order valence-corrected chi connectivity index (χ4v) is 2.59. The lowest BCUT2D eigenvalue weighted by molar-refractivity contribution is -0.116. The van der Waals surface area contributed by atoms with Gasteiger partial charge < -0.3 is 5.32 Å². The zero-order valence-corrected chi connectivity index (χ0v) is 8.73. The van der Waals surface area contributed by atoms with E-state index in [0.29, 0.717) is 5.75 Å². The van der Waals surface area contributed by atoms with E-state index in [9.17, 15) is 9.59 Å². The molecule has 0 aromatic carbocycles. The van der Waals surface area contributed by atoms with Crippen LogP contribution in [0.15, 0.2) is 11.6 Å². The molecule has 1 aliphatic carbocycles. The van der Waals surface area contributed by atoms with Gasteiger partial charge in [0.15, 0.2) is 5.78 Å². The van der Waals surface area contributed by atoms with E-state index < -0.39 is 0 Å². The van der Waals surface area contributed by atoms with Gasteiger partial charge in [0.1, 0.15) is 6.04 Å². The monoisotopic (exact) mass is 211 g/mol. The summed E-state index contributed by atoms with van der Waals surface area (Å²) in [6, 6.07) is -0.267. The number of thioether (sulfide) groups is 1. The van der Waals surface area contributed by atoms with Gasteiger partial charge in [-0.15, -0.1) is 0 Å². The van der Waals surface area contributed by atoms with Crippen LogP contribution in [0.25, 0.3) is 0 Å². The van der Waals surface area contributed by atoms with Crippen molar-refractivity contribution >= 4 is 22.8 Å². The van der Waals surface area contributed by atoms with Gasteiger partial charge in [0.2, 0.25) is 0 Å². The fourth-order valence-electron chi connectivity index (χ4n) is 1.81. The van der Waals surface area contributed by atoms with Gasteiger partial charge in [-0.2, -0.15) is 0 Å².